The standard InChI is InChI=1S/C32H28N3OS.C12H10N.Ir/c1-19-13-21(16-32(3,4)5)9-11-23(19)27-15-28(33-17-20(27)2)26-8-6-7-25-24-12-10-22(31-35-34-18-37-31)14-29(24)36-30(25)26;1-10-7-8-12(13-9-10)11-5-3-2-4-6-11;/h6-7,9-15,17-18H,16H2,1-5H3;2-5,7-9H,1H3;/q2*-1;/i1D3,2D3,11D;1D3;. The maximum absolute atomic E-state index is 8.95. The van der Waals surface area contributed by atoms with E-state index in [0.29, 0.717) is 34.4 Å². The van der Waals surface area contributed by atoms with E-state index >= 15 is 0 Å². The number of aryl methyl sites for hydroxylation is 3. The first-order valence-electron chi connectivity index (χ1n) is 20.9. The topological polar surface area (TPSA) is 64.7 Å². The number of hydrogen-bond acceptors (Lipinski definition) is 6. The van der Waals surface area contributed by atoms with E-state index in [1.54, 1.807) is 48.0 Å². The van der Waals surface area contributed by atoms with Crippen LogP contribution in [0.2, 0.25) is 0 Å². The van der Waals surface area contributed by atoms with Crippen LogP contribution >= 0.6 is 11.3 Å². The first-order chi connectivity index (χ1) is 28.2. The summed E-state index contributed by atoms with van der Waals surface area (Å²) in [7, 11) is 0. The van der Waals surface area contributed by atoms with E-state index in [-0.39, 0.29) is 59.4 Å². The van der Waals surface area contributed by atoms with E-state index in [1.807, 2.05) is 63.2 Å². The number of furan rings is 1. The minimum absolute atomic E-state index is 0. The van der Waals surface area contributed by atoms with Crippen molar-refractivity contribution in [1.29, 1.82) is 0 Å². The number of hydrogen-bond donors (Lipinski definition) is 0. The molecule has 51 heavy (non-hydrogen) atoms. The molecule has 0 atom stereocenters. The van der Waals surface area contributed by atoms with Crippen molar-refractivity contribution in [2.24, 2.45) is 5.41 Å². The van der Waals surface area contributed by atoms with Crippen molar-refractivity contribution in [2.75, 3.05) is 0 Å². The molecular weight excluding hydrogens is 825 g/mol. The van der Waals surface area contributed by atoms with Crippen molar-refractivity contribution >= 4 is 33.3 Å². The van der Waals surface area contributed by atoms with Crippen LogP contribution < -0.4 is 0 Å². The third-order valence-corrected chi connectivity index (χ3v) is 8.69. The molecule has 0 N–H and O–H groups in total. The summed E-state index contributed by atoms with van der Waals surface area (Å²) in [5.74, 6) is 0. The Kier molecular flexibility index (Phi) is 7.51. The molecule has 0 fully saturated rings. The fourth-order valence-corrected chi connectivity index (χ4v) is 6.30. The summed E-state index contributed by atoms with van der Waals surface area (Å²) < 4.78 is 86.7. The first kappa shape index (κ1) is 25.2. The van der Waals surface area contributed by atoms with Crippen molar-refractivity contribution in [3.8, 4) is 44.2 Å². The molecule has 4 aromatic carbocycles. The Balaban J connectivity index is 0.000000307. The van der Waals surface area contributed by atoms with Crippen molar-refractivity contribution in [3.05, 3.63) is 143 Å². The Morgan fingerprint density at radius 2 is 1.71 bits per heavy atom. The van der Waals surface area contributed by atoms with Crippen LogP contribution in [0.3, 0.4) is 0 Å². The van der Waals surface area contributed by atoms with Gasteiger partial charge < -0.3 is 14.4 Å². The molecule has 0 unspecified atom stereocenters. The van der Waals surface area contributed by atoms with Crippen LogP contribution in [0.4, 0.5) is 0 Å². The molecule has 0 saturated heterocycles. The average Bonchev–Trinajstić information content (AvgIpc) is 3.85. The van der Waals surface area contributed by atoms with Gasteiger partial charge in [-0.1, -0.05) is 91.6 Å². The smallest absolute Gasteiger partial charge is 0.147 e. The van der Waals surface area contributed by atoms with Gasteiger partial charge in [-0.3, -0.25) is 0 Å². The van der Waals surface area contributed by atoms with E-state index in [2.05, 4.69) is 32.3 Å². The third-order valence-electron chi connectivity index (χ3n) is 7.95. The molecule has 0 aliphatic heterocycles. The molecule has 0 bridgehead atoms. The largest absolute Gasteiger partial charge is 0.501 e. The van der Waals surface area contributed by atoms with Gasteiger partial charge in [-0.05, 0) is 83.2 Å². The Labute approximate surface area is 331 Å². The number of benzene rings is 4. The molecule has 8 rings (SSSR count). The summed E-state index contributed by atoms with van der Waals surface area (Å²) in [5.41, 5.74) is 6.85. The van der Waals surface area contributed by atoms with Crippen LogP contribution in [-0.2, 0) is 26.5 Å². The molecule has 8 aromatic rings. The van der Waals surface area contributed by atoms with Gasteiger partial charge in [0.05, 0.1) is 6.95 Å². The van der Waals surface area contributed by atoms with Gasteiger partial charge in [0.25, 0.3) is 0 Å². The molecule has 0 saturated carbocycles. The van der Waals surface area contributed by atoms with Crippen LogP contribution in [0.15, 0.2) is 113 Å². The molecule has 0 aliphatic rings. The zero-order chi connectivity index (χ0) is 43.2. The van der Waals surface area contributed by atoms with Crippen LogP contribution in [0.1, 0.15) is 56.7 Å². The van der Waals surface area contributed by atoms with Crippen LogP contribution in [0.25, 0.3) is 66.2 Å². The SMILES string of the molecule is [2H]C([2H])([2H])c1ccc(-c2[c-]cccc2)nc1.[2H]c1cc(CC(C)(C)C)cc(C([2H])([2H])[2H])c1-c1cc(-c2[c-]ccc3c2oc2cc(-c4nncs4)ccc23)ncc1C([2H])([2H])[2H].[Ir]. The van der Waals surface area contributed by atoms with Gasteiger partial charge in [-0.15, -0.1) is 64.3 Å². The monoisotopic (exact) mass is 873 g/mol. The molecule has 5 nitrogen and oxygen atoms in total. The molecule has 7 heteroatoms. The molecule has 0 aliphatic carbocycles. The first-order valence-corrected chi connectivity index (χ1v) is 16.8. The zero-order valence-electron chi connectivity index (χ0n) is 38.0. The van der Waals surface area contributed by atoms with Crippen molar-refractivity contribution in [2.45, 2.75) is 47.7 Å². The summed E-state index contributed by atoms with van der Waals surface area (Å²) in [6.45, 7) is -1.19. The number of pyridine rings is 2. The second-order valence-corrected chi connectivity index (χ2v) is 13.8. The van der Waals surface area contributed by atoms with Gasteiger partial charge in [0.15, 0.2) is 0 Å². The van der Waals surface area contributed by atoms with E-state index in [9.17, 15) is 0 Å². The summed E-state index contributed by atoms with van der Waals surface area (Å²) in [6, 6.07) is 31.1. The number of fused-ring (bicyclic) bond motifs is 3. The Morgan fingerprint density at radius 1 is 0.824 bits per heavy atom. The summed E-state index contributed by atoms with van der Waals surface area (Å²) in [4.78, 5) is 8.62. The van der Waals surface area contributed by atoms with Gasteiger partial charge in [0, 0.05) is 55.8 Å². The van der Waals surface area contributed by atoms with Crippen LogP contribution in [0, 0.1) is 38.1 Å². The number of nitrogens with zero attached hydrogens (tertiary/aromatic N) is 4. The van der Waals surface area contributed by atoms with E-state index < -0.39 is 20.6 Å². The van der Waals surface area contributed by atoms with Gasteiger partial charge in [0.1, 0.15) is 16.1 Å². The normalized spacial score (nSPS) is 14.9. The van der Waals surface area contributed by atoms with E-state index in [4.69, 9.17) is 18.1 Å². The van der Waals surface area contributed by atoms with Gasteiger partial charge in [0.2, 0.25) is 0 Å². The van der Waals surface area contributed by atoms with Crippen molar-refractivity contribution < 1.29 is 38.2 Å². The molecule has 4 aromatic heterocycles. The Hall–Kier alpha value is -4.81. The fraction of sp³-hybridized carbons (Fsp3) is 0.182. The van der Waals surface area contributed by atoms with Gasteiger partial charge in [-0.25, -0.2) is 0 Å². The molecule has 1 radical (unpaired) electrons. The number of rotatable bonds is 5. The second kappa shape index (κ2) is 15.2. The summed E-state index contributed by atoms with van der Waals surface area (Å²) in [6.07, 6.45) is 3.19. The second-order valence-electron chi connectivity index (χ2n) is 13.0. The Morgan fingerprint density at radius 3 is 2.43 bits per heavy atom. The molecule has 0 amide bonds. The van der Waals surface area contributed by atoms with Gasteiger partial charge >= 0.3 is 0 Å². The van der Waals surface area contributed by atoms with Gasteiger partial charge in [-0.2, -0.15) is 0 Å². The van der Waals surface area contributed by atoms with E-state index in [1.165, 1.54) is 23.7 Å². The minimum atomic E-state index is -2.61. The zero-order valence-corrected chi connectivity index (χ0v) is 31.2. The number of aromatic nitrogens is 4. The third kappa shape index (κ3) is 8.07. The average molecular weight is 873 g/mol. The molecule has 257 valence electrons. The molecule has 4 heterocycles. The minimum Gasteiger partial charge on any atom is -0.501 e. The predicted molar refractivity (Wildman–Crippen MR) is 206 cm³/mol. The van der Waals surface area contributed by atoms with E-state index in [0.717, 1.165) is 32.6 Å². The Bertz CT molecular complexity index is 2800. The van der Waals surface area contributed by atoms with Crippen LogP contribution in [-0.4, -0.2) is 20.2 Å². The summed E-state index contributed by atoms with van der Waals surface area (Å²) >= 11 is 1.42. The summed E-state index contributed by atoms with van der Waals surface area (Å²) in [5, 5.41) is 10.5. The van der Waals surface area contributed by atoms with Crippen molar-refractivity contribution in [1.82, 2.24) is 20.2 Å². The maximum atomic E-state index is 8.95. The quantitative estimate of drug-likeness (QED) is 0.161. The molecule has 0 spiro atoms. The maximum Gasteiger partial charge on any atom is 0.147 e. The van der Waals surface area contributed by atoms with Crippen LogP contribution in [0.5, 0.6) is 0 Å². The fourth-order valence-electron chi connectivity index (χ4n) is 5.75. The van der Waals surface area contributed by atoms with Crippen molar-refractivity contribution in [3.63, 3.8) is 0 Å². The predicted octanol–water partition coefficient (Wildman–Crippen LogP) is 11.7. The molecular formula is C44H38IrN4OS-2.